The average Bonchev–Trinajstić information content (AvgIpc) is 2.41. The minimum atomic E-state index is -0.432. The van der Waals surface area contributed by atoms with Gasteiger partial charge in [-0.2, -0.15) is 0 Å². The molecule has 5 nitrogen and oxygen atoms in total. The molecule has 0 aromatic carbocycles. The molecule has 0 fully saturated rings. The second-order valence-corrected chi connectivity index (χ2v) is 3.89. The standard InChI is InChI=1S/C12H12ClN3O2/c1-17-12(18-2)8-3-4-15-9(5-8)10-6-14-7-11(13)16-10/h3-7,12H,1-2H3. The van der Waals surface area contributed by atoms with Gasteiger partial charge in [-0.25, -0.2) is 4.98 Å². The maximum Gasteiger partial charge on any atom is 0.183 e. The van der Waals surface area contributed by atoms with Crippen LogP contribution in [0.2, 0.25) is 5.15 Å². The number of methoxy groups -OCH3 is 2. The number of nitrogens with zero attached hydrogens (tertiary/aromatic N) is 3. The van der Waals surface area contributed by atoms with E-state index < -0.39 is 6.29 Å². The molecule has 0 aliphatic heterocycles. The maximum atomic E-state index is 5.80. The molecule has 0 spiro atoms. The molecule has 6 heteroatoms. The Morgan fingerprint density at radius 3 is 2.61 bits per heavy atom. The Morgan fingerprint density at radius 1 is 1.17 bits per heavy atom. The topological polar surface area (TPSA) is 57.1 Å². The average molecular weight is 266 g/mol. The smallest absolute Gasteiger partial charge is 0.183 e. The van der Waals surface area contributed by atoms with Gasteiger partial charge in [-0.3, -0.25) is 9.97 Å². The summed E-state index contributed by atoms with van der Waals surface area (Å²) in [5.74, 6) is 0. The second kappa shape index (κ2) is 5.86. The van der Waals surface area contributed by atoms with E-state index in [0.717, 1.165) is 5.56 Å². The summed E-state index contributed by atoms with van der Waals surface area (Å²) >= 11 is 5.80. The van der Waals surface area contributed by atoms with Crippen LogP contribution in [-0.2, 0) is 9.47 Å². The molecule has 94 valence electrons. The highest BCUT2D eigenvalue weighted by atomic mass is 35.5. The van der Waals surface area contributed by atoms with Crippen molar-refractivity contribution in [1.82, 2.24) is 15.0 Å². The normalized spacial score (nSPS) is 10.9. The summed E-state index contributed by atoms with van der Waals surface area (Å²) in [5.41, 5.74) is 2.13. The highest BCUT2D eigenvalue weighted by molar-refractivity contribution is 6.29. The molecule has 2 heterocycles. The van der Waals surface area contributed by atoms with Crippen LogP contribution in [0.3, 0.4) is 0 Å². The van der Waals surface area contributed by atoms with E-state index in [1.807, 2.05) is 12.1 Å². The molecule has 0 amide bonds. The van der Waals surface area contributed by atoms with E-state index in [-0.39, 0.29) is 0 Å². The largest absolute Gasteiger partial charge is 0.352 e. The summed E-state index contributed by atoms with van der Waals surface area (Å²) in [6.45, 7) is 0. The number of ether oxygens (including phenoxy) is 2. The predicted octanol–water partition coefficient (Wildman–Crippen LogP) is 2.48. The third-order valence-electron chi connectivity index (χ3n) is 2.35. The number of aromatic nitrogens is 3. The van der Waals surface area contributed by atoms with Gasteiger partial charge in [-0.1, -0.05) is 11.6 Å². The van der Waals surface area contributed by atoms with E-state index in [0.29, 0.717) is 16.5 Å². The van der Waals surface area contributed by atoms with Gasteiger partial charge in [0.05, 0.1) is 18.1 Å². The Bertz CT molecular complexity index is 532. The van der Waals surface area contributed by atoms with Gasteiger partial charge in [0.1, 0.15) is 10.8 Å². The Kier molecular flexibility index (Phi) is 4.19. The van der Waals surface area contributed by atoms with Gasteiger partial charge in [0.15, 0.2) is 6.29 Å². The Hall–Kier alpha value is -1.56. The molecule has 0 saturated carbocycles. The highest BCUT2D eigenvalue weighted by Crippen LogP contribution is 2.22. The molecule has 0 aliphatic carbocycles. The van der Waals surface area contributed by atoms with Crippen molar-refractivity contribution in [1.29, 1.82) is 0 Å². The number of pyridine rings is 1. The zero-order valence-electron chi connectivity index (χ0n) is 10.0. The number of halogens is 1. The molecule has 0 atom stereocenters. The highest BCUT2D eigenvalue weighted by Gasteiger charge is 2.11. The summed E-state index contributed by atoms with van der Waals surface area (Å²) in [7, 11) is 3.15. The van der Waals surface area contributed by atoms with Crippen molar-refractivity contribution in [2.75, 3.05) is 14.2 Å². The fourth-order valence-electron chi connectivity index (χ4n) is 1.57. The fourth-order valence-corrected chi connectivity index (χ4v) is 1.71. The van der Waals surface area contributed by atoms with Gasteiger partial charge < -0.3 is 9.47 Å². The molecule has 0 N–H and O–H groups in total. The molecule has 2 aromatic rings. The molecular weight excluding hydrogens is 254 g/mol. The molecule has 0 unspecified atom stereocenters. The molecule has 0 saturated heterocycles. The lowest BCUT2D eigenvalue weighted by molar-refractivity contribution is -0.106. The van der Waals surface area contributed by atoms with Crippen LogP contribution in [-0.4, -0.2) is 29.2 Å². The van der Waals surface area contributed by atoms with Gasteiger partial charge in [-0.15, -0.1) is 0 Å². The second-order valence-electron chi connectivity index (χ2n) is 3.50. The lowest BCUT2D eigenvalue weighted by Crippen LogP contribution is -2.04. The van der Waals surface area contributed by atoms with Crippen molar-refractivity contribution >= 4 is 11.6 Å². The molecule has 0 bridgehead atoms. The summed E-state index contributed by atoms with van der Waals surface area (Å²) in [5, 5.41) is 0.328. The summed E-state index contributed by atoms with van der Waals surface area (Å²) in [6.07, 6.45) is 4.31. The van der Waals surface area contributed by atoms with E-state index in [1.54, 1.807) is 26.6 Å². The quantitative estimate of drug-likeness (QED) is 0.795. The summed E-state index contributed by atoms with van der Waals surface area (Å²) < 4.78 is 10.4. The molecule has 0 radical (unpaired) electrons. The SMILES string of the molecule is COC(OC)c1ccnc(-c2cncc(Cl)n2)c1. The maximum absolute atomic E-state index is 5.80. The van der Waals surface area contributed by atoms with Crippen LogP contribution in [0, 0.1) is 0 Å². The first-order valence-electron chi connectivity index (χ1n) is 5.24. The third-order valence-corrected chi connectivity index (χ3v) is 2.53. The minimum absolute atomic E-state index is 0.328. The van der Waals surface area contributed by atoms with Crippen LogP contribution >= 0.6 is 11.6 Å². The zero-order chi connectivity index (χ0) is 13.0. The Morgan fingerprint density at radius 2 is 1.94 bits per heavy atom. The lowest BCUT2D eigenvalue weighted by Gasteiger charge is -2.13. The van der Waals surface area contributed by atoms with Crippen molar-refractivity contribution in [3.8, 4) is 11.4 Å². The van der Waals surface area contributed by atoms with Crippen LogP contribution in [0.5, 0.6) is 0 Å². The lowest BCUT2D eigenvalue weighted by atomic mass is 10.2. The van der Waals surface area contributed by atoms with E-state index in [9.17, 15) is 0 Å². The van der Waals surface area contributed by atoms with Crippen molar-refractivity contribution in [3.05, 3.63) is 41.4 Å². The number of rotatable bonds is 4. The van der Waals surface area contributed by atoms with Crippen LogP contribution in [0.1, 0.15) is 11.9 Å². The van der Waals surface area contributed by atoms with Gasteiger partial charge in [0.25, 0.3) is 0 Å². The Labute approximate surface area is 110 Å². The molecule has 2 rings (SSSR count). The first-order chi connectivity index (χ1) is 8.74. The predicted molar refractivity (Wildman–Crippen MR) is 67.0 cm³/mol. The van der Waals surface area contributed by atoms with E-state index in [2.05, 4.69) is 15.0 Å². The van der Waals surface area contributed by atoms with Crippen molar-refractivity contribution in [2.45, 2.75) is 6.29 Å². The Balaban J connectivity index is 2.38. The van der Waals surface area contributed by atoms with E-state index >= 15 is 0 Å². The van der Waals surface area contributed by atoms with Crippen LogP contribution < -0.4 is 0 Å². The third kappa shape index (κ3) is 2.81. The molecule has 2 aromatic heterocycles. The summed E-state index contributed by atoms with van der Waals surface area (Å²) in [6, 6.07) is 3.65. The molecular formula is C12H12ClN3O2. The van der Waals surface area contributed by atoms with Crippen molar-refractivity contribution in [2.24, 2.45) is 0 Å². The molecule has 18 heavy (non-hydrogen) atoms. The number of hydrogen-bond donors (Lipinski definition) is 0. The minimum Gasteiger partial charge on any atom is -0.352 e. The zero-order valence-corrected chi connectivity index (χ0v) is 10.8. The first-order valence-corrected chi connectivity index (χ1v) is 5.62. The first kappa shape index (κ1) is 12.9. The van der Waals surface area contributed by atoms with Crippen molar-refractivity contribution in [3.63, 3.8) is 0 Å². The van der Waals surface area contributed by atoms with E-state index in [1.165, 1.54) is 6.20 Å². The summed E-state index contributed by atoms with van der Waals surface area (Å²) in [4.78, 5) is 12.4. The van der Waals surface area contributed by atoms with Crippen LogP contribution in [0.4, 0.5) is 0 Å². The van der Waals surface area contributed by atoms with Gasteiger partial charge >= 0.3 is 0 Å². The van der Waals surface area contributed by atoms with E-state index in [4.69, 9.17) is 21.1 Å². The number of hydrogen-bond acceptors (Lipinski definition) is 5. The van der Waals surface area contributed by atoms with Gasteiger partial charge in [0.2, 0.25) is 0 Å². The van der Waals surface area contributed by atoms with Crippen molar-refractivity contribution < 1.29 is 9.47 Å². The van der Waals surface area contributed by atoms with Crippen LogP contribution in [0.15, 0.2) is 30.7 Å². The molecule has 0 aliphatic rings. The fraction of sp³-hybridized carbons (Fsp3) is 0.250. The van der Waals surface area contributed by atoms with Crippen LogP contribution in [0.25, 0.3) is 11.4 Å². The van der Waals surface area contributed by atoms with Gasteiger partial charge in [-0.05, 0) is 12.1 Å². The monoisotopic (exact) mass is 265 g/mol. The van der Waals surface area contributed by atoms with Gasteiger partial charge in [0, 0.05) is 26.0 Å².